The van der Waals surface area contributed by atoms with Crippen LogP contribution >= 0.6 is 0 Å². The number of pyridine rings is 1. The number of halogens is 2. The van der Waals surface area contributed by atoms with Gasteiger partial charge in [0.05, 0.1) is 10.9 Å². The highest BCUT2D eigenvalue weighted by atomic mass is 19.1. The van der Waals surface area contributed by atoms with Crippen LogP contribution in [0.25, 0.3) is 22.2 Å². The SMILES string of the molecule is Fc1c(-c2ccccc2C2CC2)ncc2c(N3CC4CCC(C3)N4)nc(OC[C@@]34CCCN3CC(F)C4)nc12. The Morgan fingerprint density at radius 3 is 2.69 bits per heavy atom. The number of piperazine rings is 1. The van der Waals surface area contributed by atoms with Gasteiger partial charge in [-0.3, -0.25) is 9.88 Å². The highest BCUT2D eigenvalue weighted by Gasteiger charge is 2.49. The van der Waals surface area contributed by atoms with Crippen LogP contribution in [-0.4, -0.2) is 76.4 Å². The van der Waals surface area contributed by atoms with Gasteiger partial charge in [0.15, 0.2) is 5.82 Å². The van der Waals surface area contributed by atoms with Gasteiger partial charge < -0.3 is 15.0 Å². The molecule has 7 nitrogen and oxygen atoms in total. The van der Waals surface area contributed by atoms with Crippen molar-refractivity contribution in [3.05, 3.63) is 41.8 Å². The minimum absolute atomic E-state index is 0.165. The third-order valence-corrected chi connectivity index (χ3v) is 9.62. The second kappa shape index (κ2) is 9.06. The Morgan fingerprint density at radius 2 is 1.87 bits per heavy atom. The fraction of sp³-hybridized carbons (Fsp3) is 0.567. The molecule has 5 fully saturated rings. The van der Waals surface area contributed by atoms with Gasteiger partial charge in [-0.15, -0.1) is 0 Å². The molecule has 2 aromatic heterocycles. The molecule has 3 aromatic rings. The monoisotopic (exact) mass is 532 g/mol. The summed E-state index contributed by atoms with van der Waals surface area (Å²) in [6, 6.07) is 8.95. The van der Waals surface area contributed by atoms with Gasteiger partial charge in [0.1, 0.15) is 29.8 Å². The summed E-state index contributed by atoms with van der Waals surface area (Å²) < 4.78 is 37.0. The van der Waals surface area contributed by atoms with Crippen LogP contribution in [0, 0.1) is 5.82 Å². The average Bonchev–Trinajstić information content (AvgIpc) is 3.54. The van der Waals surface area contributed by atoms with E-state index in [4.69, 9.17) is 9.72 Å². The first-order valence-electron chi connectivity index (χ1n) is 14.5. The molecular formula is C30H34F2N6O. The summed E-state index contributed by atoms with van der Waals surface area (Å²) in [7, 11) is 0. The smallest absolute Gasteiger partial charge is 0.319 e. The van der Waals surface area contributed by atoms with Crippen LogP contribution in [-0.2, 0) is 0 Å². The number of hydrogen-bond acceptors (Lipinski definition) is 7. The Bertz CT molecular complexity index is 1420. The number of benzene rings is 1. The van der Waals surface area contributed by atoms with Crippen LogP contribution in [0.5, 0.6) is 6.01 Å². The molecule has 6 heterocycles. The van der Waals surface area contributed by atoms with Gasteiger partial charge in [-0.2, -0.15) is 9.97 Å². The minimum Gasteiger partial charge on any atom is -0.461 e. The molecule has 2 bridgehead atoms. The van der Waals surface area contributed by atoms with Crippen LogP contribution in [0.3, 0.4) is 0 Å². The predicted octanol–water partition coefficient (Wildman–Crippen LogP) is 4.60. The van der Waals surface area contributed by atoms with E-state index in [1.54, 1.807) is 6.20 Å². The summed E-state index contributed by atoms with van der Waals surface area (Å²) in [5.74, 6) is 0.712. The molecule has 4 atom stereocenters. The molecule has 9 heteroatoms. The van der Waals surface area contributed by atoms with E-state index in [2.05, 4.69) is 31.2 Å². The first-order chi connectivity index (χ1) is 19.1. The molecule has 1 aliphatic carbocycles. The second-order valence-corrected chi connectivity index (χ2v) is 12.3. The van der Waals surface area contributed by atoms with E-state index < -0.39 is 12.0 Å². The molecule has 0 radical (unpaired) electrons. The molecule has 204 valence electrons. The van der Waals surface area contributed by atoms with Crippen LogP contribution in [0.1, 0.15) is 56.4 Å². The molecule has 39 heavy (non-hydrogen) atoms. The van der Waals surface area contributed by atoms with Crippen LogP contribution < -0.4 is 15.0 Å². The van der Waals surface area contributed by atoms with E-state index in [1.165, 1.54) is 0 Å². The van der Waals surface area contributed by atoms with Crippen molar-refractivity contribution in [2.75, 3.05) is 37.7 Å². The van der Waals surface area contributed by atoms with E-state index in [0.29, 0.717) is 54.5 Å². The standard InChI is InChI=1S/C30H34F2N6O/c31-19-12-30(10-3-11-38(30)14-19)17-39-29-35-27-24(28(36-29)37-15-20-8-9-21(16-37)34-20)13-33-26(25(27)32)23-5-2-1-4-22(23)18-6-7-18/h1-2,4-5,13,18-21,34H,3,6-12,14-17H2/t19?,20?,21?,30-/m0/s1. The van der Waals surface area contributed by atoms with Crippen molar-refractivity contribution in [2.24, 2.45) is 0 Å². The van der Waals surface area contributed by atoms with Gasteiger partial charge >= 0.3 is 6.01 Å². The van der Waals surface area contributed by atoms with E-state index in [-0.39, 0.29) is 17.1 Å². The predicted molar refractivity (Wildman–Crippen MR) is 145 cm³/mol. The minimum atomic E-state index is -0.837. The molecule has 1 aromatic carbocycles. The van der Waals surface area contributed by atoms with E-state index in [9.17, 15) is 4.39 Å². The van der Waals surface area contributed by atoms with Crippen molar-refractivity contribution < 1.29 is 13.5 Å². The number of rotatable bonds is 6. The Labute approximate surface area is 227 Å². The second-order valence-electron chi connectivity index (χ2n) is 12.3. The van der Waals surface area contributed by atoms with Gasteiger partial charge in [0.2, 0.25) is 0 Å². The van der Waals surface area contributed by atoms with Crippen molar-refractivity contribution in [3.63, 3.8) is 0 Å². The van der Waals surface area contributed by atoms with Gasteiger partial charge in [-0.1, -0.05) is 24.3 Å². The van der Waals surface area contributed by atoms with E-state index >= 15 is 4.39 Å². The largest absolute Gasteiger partial charge is 0.461 e. The maximum atomic E-state index is 16.4. The summed E-state index contributed by atoms with van der Waals surface area (Å²) in [6.45, 7) is 3.27. The van der Waals surface area contributed by atoms with Crippen molar-refractivity contribution >= 4 is 16.7 Å². The van der Waals surface area contributed by atoms with Crippen molar-refractivity contribution in [2.45, 2.75) is 74.7 Å². The summed E-state index contributed by atoms with van der Waals surface area (Å²) in [5.41, 5.74) is 2.24. The lowest BCUT2D eigenvalue weighted by Crippen LogP contribution is -2.51. The molecular weight excluding hydrogens is 498 g/mol. The highest BCUT2D eigenvalue weighted by molar-refractivity contribution is 5.92. The summed E-state index contributed by atoms with van der Waals surface area (Å²) >= 11 is 0. The van der Waals surface area contributed by atoms with Crippen LogP contribution in [0.2, 0.25) is 0 Å². The van der Waals surface area contributed by atoms with Crippen molar-refractivity contribution in [3.8, 4) is 17.3 Å². The molecule has 0 spiro atoms. The number of nitrogens with one attached hydrogen (secondary N) is 1. The lowest BCUT2D eigenvalue weighted by Gasteiger charge is -2.34. The molecule has 5 aliphatic rings. The normalized spacial score (nSPS) is 30.3. The number of fused-ring (bicyclic) bond motifs is 4. The number of aromatic nitrogens is 3. The topological polar surface area (TPSA) is 66.4 Å². The molecule has 1 saturated carbocycles. The molecule has 4 aliphatic heterocycles. The number of hydrogen-bond donors (Lipinski definition) is 1. The highest BCUT2D eigenvalue weighted by Crippen LogP contribution is 2.45. The van der Waals surface area contributed by atoms with Crippen LogP contribution in [0.15, 0.2) is 30.5 Å². The molecule has 4 saturated heterocycles. The Kier molecular flexibility index (Phi) is 5.56. The third-order valence-electron chi connectivity index (χ3n) is 9.62. The fourth-order valence-electron chi connectivity index (χ4n) is 7.60. The van der Waals surface area contributed by atoms with Gasteiger partial charge in [-0.25, -0.2) is 8.78 Å². The fourth-order valence-corrected chi connectivity index (χ4v) is 7.60. The summed E-state index contributed by atoms with van der Waals surface area (Å²) in [6.07, 6.45) is 7.81. The maximum Gasteiger partial charge on any atom is 0.319 e. The lowest BCUT2D eigenvalue weighted by molar-refractivity contribution is 0.107. The third kappa shape index (κ3) is 4.08. The molecule has 3 unspecified atom stereocenters. The zero-order valence-corrected chi connectivity index (χ0v) is 22.1. The Hall–Kier alpha value is -2.91. The van der Waals surface area contributed by atoms with Crippen molar-refractivity contribution in [1.82, 2.24) is 25.2 Å². The molecule has 1 N–H and O–H groups in total. The first-order valence-corrected chi connectivity index (χ1v) is 14.5. The Balaban J connectivity index is 1.21. The van der Waals surface area contributed by atoms with E-state index in [0.717, 1.165) is 69.3 Å². The first kappa shape index (κ1) is 23.9. The molecule has 8 rings (SSSR count). The number of alkyl halides is 1. The van der Waals surface area contributed by atoms with Crippen LogP contribution in [0.4, 0.5) is 14.6 Å². The van der Waals surface area contributed by atoms with Gasteiger partial charge in [0, 0.05) is 49.9 Å². The van der Waals surface area contributed by atoms with Gasteiger partial charge in [0.25, 0.3) is 0 Å². The number of ether oxygens (including phenoxy) is 1. The summed E-state index contributed by atoms with van der Waals surface area (Å²) in [4.78, 5) is 18.6. The summed E-state index contributed by atoms with van der Waals surface area (Å²) in [5, 5.41) is 4.27. The zero-order chi connectivity index (χ0) is 26.1. The number of anilines is 1. The van der Waals surface area contributed by atoms with E-state index in [1.807, 2.05) is 18.2 Å². The molecule has 0 amide bonds. The lowest BCUT2D eigenvalue weighted by atomic mass is 9.95. The number of nitrogens with zero attached hydrogens (tertiary/aromatic N) is 5. The zero-order valence-electron chi connectivity index (χ0n) is 22.1. The maximum absolute atomic E-state index is 16.4. The Morgan fingerprint density at radius 1 is 1.05 bits per heavy atom. The van der Waals surface area contributed by atoms with Gasteiger partial charge in [-0.05, 0) is 56.6 Å². The quantitative estimate of drug-likeness (QED) is 0.498. The van der Waals surface area contributed by atoms with Crippen molar-refractivity contribution in [1.29, 1.82) is 0 Å². The average molecular weight is 533 g/mol.